The Hall–Kier alpha value is -1.55. The van der Waals surface area contributed by atoms with Crippen LogP contribution in [0.4, 0.5) is 0 Å². The fourth-order valence-electron chi connectivity index (χ4n) is 2.94. The molecule has 1 heterocycles. The van der Waals surface area contributed by atoms with E-state index in [1.165, 1.54) is 0 Å². The number of para-hydroxylation sites is 1. The molecular formula is C17H26N2O2. The molecule has 2 rings (SSSR count). The summed E-state index contributed by atoms with van der Waals surface area (Å²) in [6.45, 7) is 9.29. The van der Waals surface area contributed by atoms with Gasteiger partial charge in [-0.25, -0.2) is 0 Å². The Morgan fingerprint density at radius 2 is 2.14 bits per heavy atom. The van der Waals surface area contributed by atoms with Crippen LogP contribution in [0.25, 0.3) is 0 Å². The Morgan fingerprint density at radius 3 is 2.76 bits per heavy atom. The Bertz CT molecular complexity index is 476. The van der Waals surface area contributed by atoms with Crippen LogP contribution in [0, 0.1) is 5.92 Å². The standard InChI is InChI=1S/C17H26N2O2/c1-4-18-15(12-19-11-13(3)10-17(19)20)14-8-6-7-9-16(14)21-5-2/h6-9,13,15,18H,4-5,10-12H2,1-3H3. The van der Waals surface area contributed by atoms with Gasteiger partial charge in [-0.05, 0) is 25.5 Å². The summed E-state index contributed by atoms with van der Waals surface area (Å²) in [6, 6.07) is 8.21. The topological polar surface area (TPSA) is 41.6 Å². The number of rotatable bonds is 7. The number of hydrogen-bond donors (Lipinski definition) is 1. The van der Waals surface area contributed by atoms with E-state index in [1.54, 1.807) is 0 Å². The molecule has 1 N–H and O–H groups in total. The van der Waals surface area contributed by atoms with Gasteiger partial charge in [0.05, 0.1) is 12.6 Å². The van der Waals surface area contributed by atoms with Crippen LogP contribution in [0.15, 0.2) is 24.3 Å². The number of likely N-dealkylation sites (tertiary alicyclic amines) is 1. The summed E-state index contributed by atoms with van der Waals surface area (Å²) in [5.74, 6) is 1.63. The van der Waals surface area contributed by atoms with Gasteiger partial charge in [-0.1, -0.05) is 32.0 Å². The average molecular weight is 290 g/mol. The molecule has 0 aromatic heterocycles. The molecule has 21 heavy (non-hydrogen) atoms. The molecule has 0 saturated carbocycles. The highest BCUT2D eigenvalue weighted by atomic mass is 16.5. The van der Waals surface area contributed by atoms with Gasteiger partial charge >= 0.3 is 0 Å². The summed E-state index contributed by atoms with van der Waals surface area (Å²) < 4.78 is 5.73. The van der Waals surface area contributed by atoms with Gasteiger partial charge in [-0.15, -0.1) is 0 Å². The molecule has 4 heteroatoms. The largest absolute Gasteiger partial charge is 0.494 e. The number of amides is 1. The molecule has 1 amide bonds. The molecule has 2 unspecified atom stereocenters. The fourth-order valence-corrected chi connectivity index (χ4v) is 2.94. The zero-order chi connectivity index (χ0) is 15.2. The van der Waals surface area contributed by atoms with Crippen molar-refractivity contribution in [1.29, 1.82) is 0 Å². The highest BCUT2D eigenvalue weighted by molar-refractivity contribution is 5.78. The lowest BCUT2D eigenvalue weighted by Gasteiger charge is -2.26. The fraction of sp³-hybridized carbons (Fsp3) is 0.588. The predicted molar refractivity (Wildman–Crippen MR) is 84.4 cm³/mol. The van der Waals surface area contributed by atoms with Crippen molar-refractivity contribution in [3.05, 3.63) is 29.8 Å². The molecule has 1 fully saturated rings. The number of carbonyl (C=O) groups is 1. The van der Waals surface area contributed by atoms with Crippen LogP contribution in [0.1, 0.15) is 38.8 Å². The van der Waals surface area contributed by atoms with Gasteiger partial charge in [0.2, 0.25) is 5.91 Å². The molecule has 116 valence electrons. The molecular weight excluding hydrogens is 264 g/mol. The molecule has 2 atom stereocenters. The van der Waals surface area contributed by atoms with Crippen molar-refractivity contribution in [3.8, 4) is 5.75 Å². The molecule has 4 nitrogen and oxygen atoms in total. The van der Waals surface area contributed by atoms with E-state index in [-0.39, 0.29) is 11.9 Å². The molecule has 1 saturated heterocycles. The van der Waals surface area contributed by atoms with Crippen molar-refractivity contribution in [3.63, 3.8) is 0 Å². The van der Waals surface area contributed by atoms with E-state index in [1.807, 2.05) is 30.0 Å². The molecule has 0 aliphatic carbocycles. The Kier molecular flexibility index (Phi) is 5.62. The van der Waals surface area contributed by atoms with Gasteiger partial charge in [-0.3, -0.25) is 4.79 Å². The van der Waals surface area contributed by atoms with Crippen LogP contribution in [-0.4, -0.2) is 37.0 Å². The lowest BCUT2D eigenvalue weighted by atomic mass is 10.0. The highest BCUT2D eigenvalue weighted by Crippen LogP contribution is 2.28. The highest BCUT2D eigenvalue weighted by Gasteiger charge is 2.29. The van der Waals surface area contributed by atoms with Crippen LogP contribution in [0.3, 0.4) is 0 Å². The molecule has 1 aromatic rings. The van der Waals surface area contributed by atoms with Gasteiger partial charge in [0.15, 0.2) is 0 Å². The van der Waals surface area contributed by atoms with Crippen LogP contribution >= 0.6 is 0 Å². The van der Waals surface area contributed by atoms with Crippen molar-refractivity contribution < 1.29 is 9.53 Å². The quantitative estimate of drug-likeness (QED) is 0.839. The number of hydrogen-bond acceptors (Lipinski definition) is 3. The summed E-state index contributed by atoms with van der Waals surface area (Å²) in [5, 5.41) is 3.49. The van der Waals surface area contributed by atoms with E-state index < -0.39 is 0 Å². The summed E-state index contributed by atoms with van der Waals surface area (Å²) in [6.07, 6.45) is 0.673. The van der Waals surface area contributed by atoms with E-state index in [9.17, 15) is 4.79 Å². The van der Waals surface area contributed by atoms with Gasteiger partial charge in [0.25, 0.3) is 0 Å². The third-order valence-electron chi connectivity index (χ3n) is 3.86. The SMILES string of the molecule is CCNC(CN1CC(C)CC1=O)c1ccccc1OCC. The van der Waals surface area contributed by atoms with Gasteiger partial charge < -0.3 is 15.0 Å². The Morgan fingerprint density at radius 1 is 1.38 bits per heavy atom. The normalized spacial score (nSPS) is 19.9. The second kappa shape index (κ2) is 7.46. The zero-order valence-electron chi connectivity index (χ0n) is 13.3. The third kappa shape index (κ3) is 3.97. The lowest BCUT2D eigenvalue weighted by molar-refractivity contribution is -0.128. The maximum atomic E-state index is 12.0. The number of carbonyl (C=O) groups excluding carboxylic acids is 1. The summed E-state index contributed by atoms with van der Waals surface area (Å²) >= 11 is 0. The van der Waals surface area contributed by atoms with Crippen molar-refractivity contribution in [1.82, 2.24) is 10.2 Å². The average Bonchev–Trinajstić information content (AvgIpc) is 2.77. The molecule has 0 bridgehead atoms. The number of nitrogens with one attached hydrogen (secondary N) is 1. The third-order valence-corrected chi connectivity index (χ3v) is 3.86. The monoisotopic (exact) mass is 290 g/mol. The lowest BCUT2D eigenvalue weighted by Crippen LogP contribution is -2.36. The van der Waals surface area contributed by atoms with Crippen molar-refractivity contribution in [2.75, 3.05) is 26.2 Å². The molecule has 1 aliphatic heterocycles. The number of benzene rings is 1. The van der Waals surface area contributed by atoms with Crippen LogP contribution in [0.5, 0.6) is 5.75 Å². The first-order valence-corrected chi connectivity index (χ1v) is 7.88. The van der Waals surface area contributed by atoms with E-state index in [2.05, 4.69) is 25.2 Å². The van der Waals surface area contributed by atoms with Crippen molar-refractivity contribution in [2.45, 2.75) is 33.2 Å². The smallest absolute Gasteiger partial charge is 0.222 e. The summed E-state index contributed by atoms with van der Waals surface area (Å²) in [4.78, 5) is 14.0. The van der Waals surface area contributed by atoms with E-state index in [4.69, 9.17) is 4.74 Å². The van der Waals surface area contributed by atoms with E-state index in [0.717, 1.165) is 24.4 Å². The minimum atomic E-state index is 0.118. The first-order valence-electron chi connectivity index (χ1n) is 7.88. The molecule has 1 aromatic carbocycles. The number of nitrogens with zero attached hydrogens (tertiary/aromatic N) is 1. The predicted octanol–water partition coefficient (Wildman–Crippen LogP) is 2.60. The maximum absolute atomic E-state index is 12.0. The zero-order valence-corrected chi connectivity index (χ0v) is 13.3. The van der Waals surface area contributed by atoms with Crippen molar-refractivity contribution >= 4 is 5.91 Å². The first kappa shape index (κ1) is 15.8. The maximum Gasteiger partial charge on any atom is 0.222 e. The van der Waals surface area contributed by atoms with Gasteiger partial charge in [0, 0.05) is 25.1 Å². The van der Waals surface area contributed by atoms with Crippen LogP contribution < -0.4 is 10.1 Å². The molecule has 0 radical (unpaired) electrons. The molecule has 1 aliphatic rings. The van der Waals surface area contributed by atoms with E-state index in [0.29, 0.717) is 25.5 Å². The second-order valence-electron chi connectivity index (χ2n) is 5.69. The van der Waals surface area contributed by atoms with Gasteiger partial charge in [0.1, 0.15) is 5.75 Å². The van der Waals surface area contributed by atoms with Crippen LogP contribution in [-0.2, 0) is 4.79 Å². The number of ether oxygens (including phenoxy) is 1. The molecule has 0 spiro atoms. The van der Waals surface area contributed by atoms with Crippen molar-refractivity contribution in [2.24, 2.45) is 5.92 Å². The first-order chi connectivity index (χ1) is 10.2. The summed E-state index contributed by atoms with van der Waals surface area (Å²) in [7, 11) is 0. The van der Waals surface area contributed by atoms with E-state index >= 15 is 0 Å². The Balaban J connectivity index is 2.17. The van der Waals surface area contributed by atoms with Gasteiger partial charge in [-0.2, -0.15) is 0 Å². The Labute approximate surface area is 127 Å². The number of likely N-dealkylation sites (N-methyl/N-ethyl adjacent to an activating group) is 1. The van der Waals surface area contributed by atoms with Crippen LogP contribution in [0.2, 0.25) is 0 Å². The summed E-state index contributed by atoms with van der Waals surface area (Å²) in [5.41, 5.74) is 1.13. The second-order valence-corrected chi connectivity index (χ2v) is 5.69. The minimum Gasteiger partial charge on any atom is -0.494 e. The minimum absolute atomic E-state index is 0.118.